The lowest BCUT2D eigenvalue weighted by atomic mass is 9.74. The third-order valence-electron chi connectivity index (χ3n) is 5.19. The number of hydrogen-bond acceptors (Lipinski definition) is 4. The Bertz CT molecular complexity index is 575. The van der Waals surface area contributed by atoms with Gasteiger partial charge < -0.3 is 10.6 Å². The normalized spacial score (nSPS) is 21.1. The van der Waals surface area contributed by atoms with E-state index in [-0.39, 0.29) is 12.5 Å². The van der Waals surface area contributed by atoms with Gasteiger partial charge in [0.1, 0.15) is 6.54 Å². The standard InChI is InChI=1S/C16H25N5O2/c17-14(22)11-21-10-13(18-19-21)15(23)20-9-5-8-16(12-20)6-3-1-2-4-7-16/h10H,1-9,11-12H2,(H2,17,22). The van der Waals surface area contributed by atoms with Crippen molar-refractivity contribution in [2.75, 3.05) is 13.1 Å². The van der Waals surface area contributed by atoms with Crippen LogP contribution in [0.4, 0.5) is 0 Å². The molecule has 2 aliphatic rings. The molecule has 7 heteroatoms. The number of primary amides is 1. The highest BCUT2D eigenvalue weighted by atomic mass is 16.2. The fourth-order valence-electron chi connectivity index (χ4n) is 4.06. The second-order valence-electron chi connectivity index (χ2n) is 7.01. The summed E-state index contributed by atoms with van der Waals surface area (Å²) in [5.41, 5.74) is 5.74. The number of likely N-dealkylation sites (tertiary alicyclic amines) is 1. The van der Waals surface area contributed by atoms with Gasteiger partial charge in [0, 0.05) is 13.1 Å². The van der Waals surface area contributed by atoms with E-state index in [4.69, 9.17) is 5.73 Å². The minimum atomic E-state index is -0.496. The highest BCUT2D eigenvalue weighted by Crippen LogP contribution is 2.42. The predicted molar refractivity (Wildman–Crippen MR) is 84.5 cm³/mol. The number of amides is 2. The van der Waals surface area contributed by atoms with Gasteiger partial charge in [-0.2, -0.15) is 0 Å². The molecule has 0 atom stereocenters. The summed E-state index contributed by atoms with van der Waals surface area (Å²) in [5, 5.41) is 7.72. The summed E-state index contributed by atoms with van der Waals surface area (Å²) >= 11 is 0. The summed E-state index contributed by atoms with van der Waals surface area (Å²) in [7, 11) is 0. The lowest BCUT2D eigenvalue weighted by Crippen LogP contribution is -2.46. The van der Waals surface area contributed by atoms with Gasteiger partial charge in [-0.1, -0.05) is 30.9 Å². The summed E-state index contributed by atoms with van der Waals surface area (Å²) in [5.74, 6) is -0.576. The van der Waals surface area contributed by atoms with Gasteiger partial charge in [0.25, 0.3) is 5.91 Å². The number of rotatable bonds is 3. The van der Waals surface area contributed by atoms with Crippen LogP contribution in [0.2, 0.25) is 0 Å². The maximum atomic E-state index is 12.7. The molecular formula is C16H25N5O2. The van der Waals surface area contributed by atoms with Crippen LogP contribution in [0.1, 0.15) is 61.9 Å². The van der Waals surface area contributed by atoms with E-state index in [2.05, 4.69) is 10.3 Å². The highest BCUT2D eigenvalue weighted by Gasteiger charge is 2.37. The van der Waals surface area contributed by atoms with Gasteiger partial charge in [-0.15, -0.1) is 5.10 Å². The predicted octanol–water partition coefficient (Wildman–Crippen LogP) is 1.34. The number of hydrogen-bond donors (Lipinski definition) is 1. The van der Waals surface area contributed by atoms with Gasteiger partial charge in [-0.05, 0) is 31.1 Å². The number of nitrogens with two attached hydrogens (primary N) is 1. The topological polar surface area (TPSA) is 94.1 Å². The van der Waals surface area contributed by atoms with Crippen molar-refractivity contribution in [2.45, 2.75) is 57.9 Å². The molecule has 0 radical (unpaired) electrons. The Morgan fingerprint density at radius 1 is 1.13 bits per heavy atom. The maximum Gasteiger partial charge on any atom is 0.276 e. The summed E-state index contributed by atoms with van der Waals surface area (Å²) in [6.07, 6.45) is 11.4. The van der Waals surface area contributed by atoms with E-state index >= 15 is 0 Å². The van der Waals surface area contributed by atoms with Crippen LogP contribution in [-0.4, -0.2) is 44.8 Å². The Hall–Kier alpha value is -1.92. The van der Waals surface area contributed by atoms with Gasteiger partial charge in [-0.25, -0.2) is 4.68 Å². The molecule has 2 N–H and O–H groups in total. The van der Waals surface area contributed by atoms with E-state index in [1.807, 2.05) is 4.90 Å². The largest absolute Gasteiger partial charge is 0.368 e. The molecule has 3 rings (SSSR count). The molecule has 2 amide bonds. The molecule has 1 aromatic rings. The van der Waals surface area contributed by atoms with Crippen LogP contribution >= 0.6 is 0 Å². The van der Waals surface area contributed by atoms with Gasteiger partial charge in [0.05, 0.1) is 6.20 Å². The Kier molecular flexibility index (Phi) is 4.63. The lowest BCUT2D eigenvalue weighted by molar-refractivity contribution is -0.118. The molecule has 0 unspecified atom stereocenters. The highest BCUT2D eigenvalue weighted by molar-refractivity contribution is 5.92. The van der Waals surface area contributed by atoms with Crippen molar-refractivity contribution in [3.8, 4) is 0 Å². The Morgan fingerprint density at radius 2 is 1.83 bits per heavy atom. The number of piperidine rings is 1. The molecule has 1 saturated carbocycles. The van der Waals surface area contributed by atoms with Crippen molar-refractivity contribution >= 4 is 11.8 Å². The molecule has 1 aromatic heterocycles. The van der Waals surface area contributed by atoms with Crippen molar-refractivity contribution in [1.29, 1.82) is 0 Å². The summed E-state index contributed by atoms with van der Waals surface area (Å²) in [6, 6.07) is 0. The van der Waals surface area contributed by atoms with E-state index in [1.165, 1.54) is 55.8 Å². The van der Waals surface area contributed by atoms with Crippen LogP contribution in [0.25, 0.3) is 0 Å². The van der Waals surface area contributed by atoms with E-state index in [9.17, 15) is 9.59 Å². The summed E-state index contributed by atoms with van der Waals surface area (Å²) in [4.78, 5) is 25.6. The quantitative estimate of drug-likeness (QED) is 0.909. The van der Waals surface area contributed by atoms with Crippen LogP contribution in [0.3, 0.4) is 0 Å². The zero-order valence-corrected chi connectivity index (χ0v) is 13.5. The molecular weight excluding hydrogens is 294 g/mol. The Labute approximate surface area is 136 Å². The number of aromatic nitrogens is 3. The van der Waals surface area contributed by atoms with Crippen molar-refractivity contribution in [3.05, 3.63) is 11.9 Å². The molecule has 1 aliphatic heterocycles. The van der Waals surface area contributed by atoms with Crippen molar-refractivity contribution in [3.63, 3.8) is 0 Å². The summed E-state index contributed by atoms with van der Waals surface area (Å²) in [6.45, 7) is 1.56. The van der Waals surface area contributed by atoms with E-state index in [1.54, 1.807) is 0 Å². The first-order valence-corrected chi connectivity index (χ1v) is 8.56. The average Bonchev–Trinajstić information content (AvgIpc) is 2.87. The van der Waals surface area contributed by atoms with E-state index < -0.39 is 5.91 Å². The lowest BCUT2D eigenvalue weighted by Gasteiger charge is -2.42. The zero-order chi connectivity index (χ0) is 16.3. The molecule has 2 heterocycles. The van der Waals surface area contributed by atoms with Gasteiger partial charge >= 0.3 is 0 Å². The van der Waals surface area contributed by atoms with Gasteiger partial charge in [0.2, 0.25) is 5.91 Å². The third kappa shape index (κ3) is 3.71. The summed E-state index contributed by atoms with van der Waals surface area (Å²) < 4.78 is 1.32. The molecule has 1 saturated heterocycles. The maximum absolute atomic E-state index is 12.7. The second-order valence-corrected chi connectivity index (χ2v) is 7.01. The van der Waals surface area contributed by atoms with Crippen molar-refractivity contribution in [1.82, 2.24) is 19.9 Å². The van der Waals surface area contributed by atoms with Gasteiger partial charge in [-0.3, -0.25) is 9.59 Å². The van der Waals surface area contributed by atoms with Crippen LogP contribution in [0.5, 0.6) is 0 Å². The van der Waals surface area contributed by atoms with Crippen molar-refractivity contribution < 1.29 is 9.59 Å². The van der Waals surface area contributed by atoms with E-state index in [0.717, 1.165) is 19.5 Å². The second kappa shape index (κ2) is 6.68. The number of nitrogens with zero attached hydrogens (tertiary/aromatic N) is 4. The van der Waals surface area contributed by atoms with Gasteiger partial charge in [0.15, 0.2) is 5.69 Å². The zero-order valence-electron chi connectivity index (χ0n) is 13.5. The number of carbonyl (C=O) groups excluding carboxylic acids is 2. The molecule has 126 valence electrons. The smallest absolute Gasteiger partial charge is 0.276 e. The first-order chi connectivity index (χ1) is 11.1. The monoisotopic (exact) mass is 319 g/mol. The Morgan fingerprint density at radius 3 is 2.52 bits per heavy atom. The molecule has 2 fully saturated rings. The third-order valence-corrected chi connectivity index (χ3v) is 5.19. The minimum Gasteiger partial charge on any atom is -0.368 e. The fraction of sp³-hybridized carbons (Fsp3) is 0.750. The SMILES string of the molecule is NC(=O)Cn1cc(C(=O)N2CCCC3(CCCCCC3)C2)nn1. The molecule has 0 bridgehead atoms. The fourth-order valence-corrected chi connectivity index (χ4v) is 4.06. The Balaban J connectivity index is 1.69. The minimum absolute atomic E-state index is 0.0514. The molecule has 0 aromatic carbocycles. The molecule has 23 heavy (non-hydrogen) atoms. The van der Waals surface area contributed by atoms with Crippen LogP contribution < -0.4 is 5.73 Å². The van der Waals surface area contributed by atoms with Crippen LogP contribution in [0.15, 0.2) is 6.20 Å². The molecule has 7 nitrogen and oxygen atoms in total. The number of carbonyl (C=O) groups is 2. The van der Waals surface area contributed by atoms with E-state index in [0.29, 0.717) is 11.1 Å². The first-order valence-electron chi connectivity index (χ1n) is 8.56. The molecule has 1 spiro atoms. The molecule has 1 aliphatic carbocycles. The average molecular weight is 319 g/mol. The van der Waals surface area contributed by atoms with Crippen LogP contribution in [0, 0.1) is 5.41 Å². The first kappa shape index (κ1) is 16.0. The van der Waals surface area contributed by atoms with Crippen LogP contribution in [-0.2, 0) is 11.3 Å². The van der Waals surface area contributed by atoms with Crippen molar-refractivity contribution in [2.24, 2.45) is 11.1 Å².